The highest BCUT2D eigenvalue weighted by Gasteiger charge is 2.50. The van der Waals surface area contributed by atoms with Gasteiger partial charge >= 0.3 is 7.60 Å². The van der Waals surface area contributed by atoms with Gasteiger partial charge in [-0.15, -0.1) is 0 Å². The van der Waals surface area contributed by atoms with E-state index in [9.17, 15) is 19.8 Å². The molecule has 0 saturated carbocycles. The number of nitro groups is 1. The van der Waals surface area contributed by atoms with E-state index in [1.807, 2.05) is 0 Å². The molecule has 0 bridgehead atoms. The summed E-state index contributed by atoms with van der Waals surface area (Å²) in [5.41, 5.74) is 0. The van der Waals surface area contributed by atoms with Gasteiger partial charge < -0.3 is 14.2 Å². The molecule has 0 saturated heterocycles. The van der Waals surface area contributed by atoms with Crippen molar-refractivity contribution in [2.24, 2.45) is 0 Å². The van der Waals surface area contributed by atoms with Crippen molar-refractivity contribution in [2.45, 2.75) is 26.1 Å². The minimum atomic E-state index is -3.86. The maximum absolute atomic E-state index is 12.0. The molecule has 0 radical (unpaired) electrons. The van der Waals surface area contributed by atoms with Crippen molar-refractivity contribution in [2.75, 3.05) is 19.8 Å². The van der Waals surface area contributed by atoms with Gasteiger partial charge in [0, 0.05) is 4.92 Å². The first kappa shape index (κ1) is 14.5. The molecule has 90 valence electrons. The van der Waals surface area contributed by atoms with Gasteiger partial charge in [-0.05, 0) is 20.8 Å². The van der Waals surface area contributed by atoms with Crippen LogP contribution in [0, 0.1) is 10.1 Å². The molecule has 0 aliphatic carbocycles. The topological polar surface area (TPSA) is 98.9 Å². The second-order valence-corrected chi connectivity index (χ2v) is 5.52. The summed E-state index contributed by atoms with van der Waals surface area (Å²) in [6, 6.07) is 0. The Morgan fingerprint density at radius 2 is 1.80 bits per heavy atom. The Hall–Kier alpha value is -0.490. The largest absolute Gasteiger partial charge is 0.373 e. The molecule has 0 aromatic carbocycles. The summed E-state index contributed by atoms with van der Waals surface area (Å²) in [7, 11) is -3.86. The summed E-state index contributed by atoms with van der Waals surface area (Å²) in [5, 5.41) is 17.9. The van der Waals surface area contributed by atoms with Crippen molar-refractivity contribution in [3.05, 3.63) is 10.1 Å². The summed E-state index contributed by atoms with van der Waals surface area (Å²) < 4.78 is 21.6. The molecule has 0 aliphatic heterocycles. The van der Waals surface area contributed by atoms with Crippen molar-refractivity contribution < 1.29 is 23.6 Å². The van der Waals surface area contributed by atoms with E-state index < -0.39 is 24.4 Å². The summed E-state index contributed by atoms with van der Waals surface area (Å²) >= 11 is 0. The summed E-state index contributed by atoms with van der Waals surface area (Å²) in [4.78, 5) is 9.52. The van der Waals surface area contributed by atoms with Crippen LogP contribution in [0.3, 0.4) is 0 Å². The molecular weight excluding hydrogens is 225 g/mol. The van der Waals surface area contributed by atoms with E-state index in [1.165, 1.54) is 0 Å². The molecule has 15 heavy (non-hydrogen) atoms. The van der Waals surface area contributed by atoms with Crippen LogP contribution in [0.25, 0.3) is 0 Å². The van der Waals surface area contributed by atoms with E-state index in [0.29, 0.717) is 0 Å². The van der Waals surface area contributed by atoms with Crippen LogP contribution in [-0.4, -0.2) is 35.1 Å². The Balaban J connectivity index is 4.87. The van der Waals surface area contributed by atoms with E-state index in [0.717, 1.165) is 6.92 Å². The molecule has 0 amide bonds. The standard InChI is InChI=1S/C7H16NO6P/c1-4-13-15(12,14-5-2)7(3,9)6-8(10)11/h9H,4-6H2,1-3H3/t7-/m1/s1. The molecule has 1 N–H and O–H groups in total. The van der Waals surface area contributed by atoms with Crippen molar-refractivity contribution in [1.29, 1.82) is 0 Å². The SMILES string of the molecule is CCOP(=O)(OCC)[C@@](C)(O)C[N+](=O)[O-]. The fourth-order valence-electron chi connectivity index (χ4n) is 0.986. The van der Waals surface area contributed by atoms with E-state index in [1.54, 1.807) is 13.8 Å². The molecule has 0 heterocycles. The Labute approximate surface area is 88.1 Å². The molecule has 0 spiro atoms. The molecule has 7 nitrogen and oxygen atoms in total. The lowest BCUT2D eigenvalue weighted by Crippen LogP contribution is -2.35. The Bertz CT molecular complexity index is 256. The highest BCUT2D eigenvalue weighted by Crippen LogP contribution is 2.58. The third kappa shape index (κ3) is 3.87. The number of aliphatic hydroxyl groups is 1. The third-order valence-electron chi connectivity index (χ3n) is 1.62. The number of hydrogen-bond donors (Lipinski definition) is 1. The average Bonchev–Trinajstić information content (AvgIpc) is 2.02. The highest BCUT2D eigenvalue weighted by atomic mass is 31.2. The van der Waals surface area contributed by atoms with E-state index in [2.05, 4.69) is 0 Å². The molecule has 0 aliphatic rings. The van der Waals surface area contributed by atoms with Crippen LogP contribution in [0.15, 0.2) is 0 Å². The van der Waals surface area contributed by atoms with Crippen molar-refractivity contribution in [1.82, 2.24) is 0 Å². The quantitative estimate of drug-likeness (QED) is 0.409. The Morgan fingerprint density at radius 3 is 2.07 bits per heavy atom. The number of hydrogen-bond acceptors (Lipinski definition) is 6. The van der Waals surface area contributed by atoms with E-state index in [4.69, 9.17) is 9.05 Å². The minimum absolute atomic E-state index is 0.0468. The molecule has 0 fully saturated rings. The average molecular weight is 241 g/mol. The van der Waals surface area contributed by atoms with Crippen molar-refractivity contribution >= 4 is 7.60 Å². The van der Waals surface area contributed by atoms with Gasteiger partial charge in [-0.1, -0.05) is 0 Å². The van der Waals surface area contributed by atoms with Crippen molar-refractivity contribution in [3.63, 3.8) is 0 Å². The van der Waals surface area contributed by atoms with Crippen LogP contribution in [0.5, 0.6) is 0 Å². The van der Waals surface area contributed by atoms with Gasteiger partial charge in [0.25, 0.3) is 0 Å². The van der Waals surface area contributed by atoms with Crippen molar-refractivity contribution in [3.8, 4) is 0 Å². The number of rotatable bonds is 7. The van der Waals surface area contributed by atoms with E-state index in [-0.39, 0.29) is 13.2 Å². The van der Waals surface area contributed by atoms with Gasteiger partial charge in [0.05, 0.1) is 13.2 Å². The van der Waals surface area contributed by atoms with Gasteiger partial charge in [-0.2, -0.15) is 0 Å². The maximum Gasteiger partial charge on any atom is 0.368 e. The van der Waals surface area contributed by atoms with Crippen LogP contribution in [0.1, 0.15) is 20.8 Å². The minimum Gasteiger partial charge on any atom is -0.373 e. The number of nitrogens with zero attached hydrogens (tertiary/aromatic N) is 1. The van der Waals surface area contributed by atoms with E-state index >= 15 is 0 Å². The normalized spacial score (nSPS) is 16.0. The first-order valence-corrected chi connectivity index (χ1v) is 6.06. The second-order valence-electron chi connectivity index (χ2n) is 3.04. The molecular formula is C7H16NO6P. The summed E-state index contributed by atoms with van der Waals surface area (Å²) in [6.07, 6.45) is 0. The van der Waals surface area contributed by atoms with Crippen LogP contribution in [0.2, 0.25) is 0 Å². The Kier molecular flexibility index (Phi) is 5.37. The predicted molar refractivity (Wildman–Crippen MR) is 53.3 cm³/mol. The fourth-order valence-corrected chi connectivity index (χ4v) is 2.59. The monoisotopic (exact) mass is 241 g/mol. The molecule has 8 heteroatoms. The lowest BCUT2D eigenvalue weighted by atomic mass is 10.4. The smallest absolute Gasteiger partial charge is 0.368 e. The zero-order valence-corrected chi connectivity index (χ0v) is 9.90. The molecule has 0 aromatic heterocycles. The van der Waals surface area contributed by atoms with Gasteiger partial charge in [0.1, 0.15) is 0 Å². The molecule has 0 unspecified atom stereocenters. The first-order valence-electron chi connectivity index (χ1n) is 4.52. The van der Waals surface area contributed by atoms with Gasteiger partial charge in [-0.25, -0.2) is 0 Å². The predicted octanol–water partition coefficient (Wildman–Crippen LogP) is 1.24. The highest BCUT2D eigenvalue weighted by molar-refractivity contribution is 7.55. The fraction of sp³-hybridized carbons (Fsp3) is 1.00. The molecule has 0 aromatic rings. The first-order chi connectivity index (χ1) is 6.79. The lowest BCUT2D eigenvalue weighted by molar-refractivity contribution is -0.494. The van der Waals surface area contributed by atoms with Crippen LogP contribution in [0.4, 0.5) is 0 Å². The Morgan fingerprint density at radius 1 is 1.40 bits per heavy atom. The second kappa shape index (κ2) is 5.55. The summed E-state index contributed by atoms with van der Waals surface area (Å²) in [6.45, 7) is 3.41. The van der Waals surface area contributed by atoms with Crippen LogP contribution in [-0.2, 0) is 13.6 Å². The van der Waals surface area contributed by atoms with Gasteiger partial charge in [0.15, 0.2) is 0 Å². The zero-order chi connectivity index (χ0) is 12.1. The van der Waals surface area contributed by atoms with Gasteiger partial charge in [0.2, 0.25) is 11.9 Å². The maximum atomic E-state index is 12.0. The molecule has 1 atom stereocenters. The summed E-state index contributed by atoms with van der Waals surface area (Å²) in [5.74, 6) is 0. The van der Waals surface area contributed by atoms with Crippen LogP contribution >= 0.6 is 7.60 Å². The third-order valence-corrected chi connectivity index (χ3v) is 4.13. The molecule has 0 rings (SSSR count). The van der Waals surface area contributed by atoms with Gasteiger partial charge in [-0.3, -0.25) is 14.7 Å². The zero-order valence-electron chi connectivity index (χ0n) is 9.00. The lowest BCUT2D eigenvalue weighted by Gasteiger charge is -2.27. The van der Waals surface area contributed by atoms with Crippen LogP contribution < -0.4 is 0 Å².